The number of rotatable bonds is 6. The zero-order valence-corrected chi connectivity index (χ0v) is 16.1. The third-order valence-electron chi connectivity index (χ3n) is 4.15. The van der Waals surface area contributed by atoms with Crippen LogP contribution in [0.3, 0.4) is 0 Å². The van der Waals surface area contributed by atoms with Crippen molar-refractivity contribution in [1.82, 2.24) is 19.8 Å². The molecule has 0 aliphatic carbocycles. The first-order valence-electron chi connectivity index (χ1n) is 8.87. The van der Waals surface area contributed by atoms with E-state index in [2.05, 4.69) is 41.4 Å². The maximum absolute atomic E-state index is 5.51. The first kappa shape index (κ1) is 17.5. The second kappa shape index (κ2) is 7.80. The molecule has 136 valence electrons. The highest BCUT2D eigenvalue weighted by Gasteiger charge is 2.10. The Labute approximate surface area is 162 Å². The summed E-state index contributed by atoms with van der Waals surface area (Å²) in [6, 6.07) is 20.4. The average Bonchev–Trinajstić information content (AvgIpc) is 3.10. The Morgan fingerprint density at radius 3 is 2.63 bits per heavy atom. The van der Waals surface area contributed by atoms with Crippen molar-refractivity contribution in [3.8, 4) is 17.0 Å². The normalized spacial score (nSPS) is 11.0. The topological polar surface area (TPSA) is 52.3 Å². The van der Waals surface area contributed by atoms with Gasteiger partial charge in [0.2, 0.25) is 5.16 Å². The summed E-state index contributed by atoms with van der Waals surface area (Å²) < 4.78 is 7.32. The Hall–Kier alpha value is -2.86. The fourth-order valence-corrected chi connectivity index (χ4v) is 3.68. The summed E-state index contributed by atoms with van der Waals surface area (Å²) in [6.45, 7) is 4.74. The minimum atomic E-state index is 0.659. The molecule has 0 amide bonds. The van der Waals surface area contributed by atoms with Gasteiger partial charge in [0, 0.05) is 11.3 Å². The van der Waals surface area contributed by atoms with E-state index < -0.39 is 0 Å². The lowest BCUT2D eigenvalue weighted by Crippen LogP contribution is -1.97. The second-order valence-corrected chi connectivity index (χ2v) is 7.15. The Bertz CT molecular complexity index is 1060. The van der Waals surface area contributed by atoms with Gasteiger partial charge in [0.25, 0.3) is 0 Å². The van der Waals surface area contributed by atoms with Gasteiger partial charge in [-0.25, -0.2) is 0 Å². The van der Waals surface area contributed by atoms with E-state index in [0.717, 1.165) is 33.6 Å². The molecule has 0 saturated carbocycles. The van der Waals surface area contributed by atoms with E-state index in [1.807, 2.05) is 47.8 Å². The molecular formula is C21H20N4OS. The Kier molecular flexibility index (Phi) is 5.07. The minimum Gasteiger partial charge on any atom is -0.494 e. The van der Waals surface area contributed by atoms with Gasteiger partial charge in [-0.15, -0.1) is 10.2 Å². The van der Waals surface area contributed by atoms with Gasteiger partial charge in [0.05, 0.1) is 12.3 Å². The molecule has 0 saturated heterocycles. The molecule has 0 aliphatic heterocycles. The van der Waals surface area contributed by atoms with Crippen molar-refractivity contribution in [2.45, 2.75) is 24.8 Å². The monoisotopic (exact) mass is 376 g/mol. The maximum Gasteiger partial charge on any atom is 0.212 e. The number of aryl methyl sites for hydroxylation is 1. The van der Waals surface area contributed by atoms with Crippen molar-refractivity contribution in [2.24, 2.45) is 0 Å². The molecule has 2 aromatic carbocycles. The fourth-order valence-electron chi connectivity index (χ4n) is 2.85. The van der Waals surface area contributed by atoms with Gasteiger partial charge in [-0.1, -0.05) is 41.6 Å². The van der Waals surface area contributed by atoms with Gasteiger partial charge in [-0.2, -0.15) is 9.61 Å². The molecule has 0 unspecified atom stereocenters. The van der Waals surface area contributed by atoms with E-state index in [0.29, 0.717) is 6.61 Å². The van der Waals surface area contributed by atoms with Crippen LogP contribution in [0.4, 0.5) is 0 Å². The molecule has 0 spiro atoms. The van der Waals surface area contributed by atoms with Gasteiger partial charge < -0.3 is 4.74 Å². The number of fused-ring (bicyclic) bond motifs is 1. The van der Waals surface area contributed by atoms with E-state index >= 15 is 0 Å². The van der Waals surface area contributed by atoms with Gasteiger partial charge in [0.1, 0.15) is 5.75 Å². The Balaban J connectivity index is 1.59. The second-order valence-electron chi connectivity index (χ2n) is 6.21. The van der Waals surface area contributed by atoms with Crippen molar-refractivity contribution >= 4 is 17.4 Å². The first-order chi connectivity index (χ1) is 13.2. The number of benzene rings is 2. The minimum absolute atomic E-state index is 0.659. The highest BCUT2D eigenvalue weighted by molar-refractivity contribution is 7.98. The summed E-state index contributed by atoms with van der Waals surface area (Å²) in [5.74, 6) is 1.69. The van der Waals surface area contributed by atoms with Gasteiger partial charge in [0.15, 0.2) is 5.65 Å². The number of hydrogen-bond acceptors (Lipinski definition) is 5. The molecule has 0 aliphatic rings. The summed E-state index contributed by atoms with van der Waals surface area (Å²) in [5, 5.41) is 14.1. The molecule has 27 heavy (non-hydrogen) atoms. The van der Waals surface area contributed by atoms with Gasteiger partial charge in [-0.05, 0) is 55.8 Å². The predicted molar refractivity (Wildman–Crippen MR) is 108 cm³/mol. The van der Waals surface area contributed by atoms with Crippen molar-refractivity contribution in [1.29, 1.82) is 0 Å². The Morgan fingerprint density at radius 2 is 1.85 bits per heavy atom. The lowest BCUT2D eigenvalue weighted by atomic mass is 10.1. The van der Waals surface area contributed by atoms with Crippen LogP contribution < -0.4 is 4.74 Å². The molecule has 0 fully saturated rings. The Morgan fingerprint density at radius 1 is 1.00 bits per heavy atom. The van der Waals surface area contributed by atoms with E-state index in [1.54, 1.807) is 11.8 Å². The first-order valence-corrected chi connectivity index (χ1v) is 9.85. The van der Waals surface area contributed by atoms with Crippen LogP contribution in [-0.4, -0.2) is 26.4 Å². The maximum atomic E-state index is 5.51. The van der Waals surface area contributed by atoms with E-state index in [4.69, 9.17) is 9.84 Å². The molecule has 4 aromatic rings. The van der Waals surface area contributed by atoms with Crippen LogP contribution in [0, 0.1) is 6.92 Å². The van der Waals surface area contributed by atoms with Crippen LogP contribution in [0.15, 0.2) is 65.8 Å². The van der Waals surface area contributed by atoms with Crippen LogP contribution in [0.5, 0.6) is 5.75 Å². The standard InChI is InChI=1S/C21H20N4OS/c1-3-26-18-9-7-17(8-10-18)19-11-12-20-22-23-21(25(20)24-19)27-14-16-6-4-5-15(2)13-16/h4-13H,3,14H2,1-2H3. The number of aromatic nitrogens is 4. The van der Waals surface area contributed by atoms with Crippen molar-refractivity contribution < 1.29 is 4.74 Å². The van der Waals surface area contributed by atoms with Gasteiger partial charge in [-0.3, -0.25) is 0 Å². The highest BCUT2D eigenvalue weighted by Crippen LogP contribution is 2.24. The molecule has 2 heterocycles. The molecule has 0 bridgehead atoms. The molecule has 4 rings (SSSR count). The molecule has 5 nitrogen and oxygen atoms in total. The molecule has 0 radical (unpaired) electrons. The summed E-state index contributed by atoms with van der Waals surface area (Å²) in [7, 11) is 0. The summed E-state index contributed by atoms with van der Waals surface area (Å²) in [6.07, 6.45) is 0. The molecular weight excluding hydrogens is 356 g/mol. The van der Waals surface area contributed by atoms with Crippen molar-refractivity contribution in [2.75, 3.05) is 6.61 Å². The molecule has 6 heteroatoms. The lowest BCUT2D eigenvalue weighted by molar-refractivity contribution is 0.340. The number of thioether (sulfide) groups is 1. The number of hydrogen-bond donors (Lipinski definition) is 0. The van der Waals surface area contributed by atoms with Crippen LogP contribution >= 0.6 is 11.8 Å². The summed E-state index contributed by atoms with van der Waals surface area (Å²) in [4.78, 5) is 0. The summed E-state index contributed by atoms with van der Waals surface area (Å²) in [5.41, 5.74) is 5.18. The molecule has 2 aromatic heterocycles. The third-order valence-corrected chi connectivity index (χ3v) is 5.14. The largest absolute Gasteiger partial charge is 0.494 e. The average molecular weight is 376 g/mol. The third kappa shape index (κ3) is 3.95. The quantitative estimate of drug-likeness (QED) is 0.453. The zero-order valence-electron chi connectivity index (χ0n) is 15.3. The molecule has 0 N–H and O–H groups in total. The van der Waals surface area contributed by atoms with E-state index in [1.165, 1.54) is 11.1 Å². The van der Waals surface area contributed by atoms with Crippen LogP contribution in [0.1, 0.15) is 18.1 Å². The SMILES string of the molecule is CCOc1ccc(-c2ccc3nnc(SCc4cccc(C)c4)n3n2)cc1. The van der Waals surface area contributed by atoms with Crippen LogP contribution in [0.2, 0.25) is 0 Å². The lowest BCUT2D eigenvalue weighted by Gasteiger charge is -2.06. The van der Waals surface area contributed by atoms with Crippen LogP contribution in [-0.2, 0) is 5.75 Å². The number of nitrogens with zero attached hydrogens (tertiary/aromatic N) is 4. The zero-order chi connectivity index (χ0) is 18.6. The van der Waals surface area contributed by atoms with E-state index in [9.17, 15) is 0 Å². The van der Waals surface area contributed by atoms with E-state index in [-0.39, 0.29) is 0 Å². The molecule has 0 atom stereocenters. The smallest absolute Gasteiger partial charge is 0.212 e. The summed E-state index contributed by atoms with van der Waals surface area (Å²) >= 11 is 1.64. The van der Waals surface area contributed by atoms with Gasteiger partial charge >= 0.3 is 0 Å². The number of ether oxygens (including phenoxy) is 1. The fraction of sp³-hybridized carbons (Fsp3) is 0.190. The van der Waals surface area contributed by atoms with Crippen molar-refractivity contribution in [3.05, 3.63) is 71.8 Å². The predicted octanol–water partition coefficient (Wildman–Crippen LogP) is 4.79. The van der Waals surface area contributed by atoms with Crippen LogP contribution in [0.25, 0.3) is 16.9 Å². The van der Waals surface area contributed by atoms with Crippen molar-refractivity contribution in [3.63, 3.8) is 0 Å². The highest BCUT2D eigenvalue weighted by atomic mass is 32.2.